The van der Waals surface area contributed by atoms with Gasteiger partial charge in [-0.25, -0.2) is 17.6 Å². The number of carboxylic acids is 1. The second-order valence-electron chi connectivity index (χ2n) is 7.55. The Kier molecular flexibility index (Phi) is 6.44. The van der Waals surface area contributed by atoms with Crippen molar-refractivity contribution in [2.24, 2.45) is 0 Å². The van der Waals surface area contributed by atoms with Crippen molar-refractivity contribution in [1.82, 2.24) is 0 Å². The number of carboxylic acid groups (broad SMARTS) is 1. The van der Waals surface area contributed by atoms with Crippen molar-refractivity contribution in [2.75, 3.05) is 40.7 Å². The summed E-state index contributed by atoms with van der Waals surface area (Å²) in [6.45, 7) is 2.52. The molecule has 1 aliphatic heterocycles. The fourth-order valence-corrected chi connectivity index (χ4v) is 4.97. The Bertz CT molecular complexity index is 1280. The van der Waals surface area contributed by atoms with Gasteiger partial charge in [0.15, 0.2) is 0 Å². The lowest BCUT2D eigenvalue weighted by molar-refractivity contribution is 0.0697. The number of halogens is 2. The van der Waals surface area contributed by atoms with Crippen molar-refractivity contribution in [3.05, 3.63) is 83.1 Å². The number of nitrogens with one attached hydrogen (secondary N) is 1. The topological polar surface area (TPSA) is 89.9 Å². The molecule has 0 unspecified atom stereocenters. The normalized spacial score (nSPS) is 14.2. The number of carbonyl (C=O) groups is 1. The highest BCUT2D eigenvalue weighted by Gasteiger charge is 2.23. The molecule has 0 spiro atoms. The molecule has 0 saturated carbocycles. The van der Waals surface area contributed by atoms with Gasteiger partial charge in [-0.05, 0) is 60.7 Å². The summed E-state index contributed by atoms with van der Waals surface area (Å²) in [5.74, 6) is -1.73. The molecule has 0 bridgehead atoms. The van der Waals surface area contributed by atoms with Crippen LogP contribution in [0.25, 0.3) is 0 Å². The first-order chi connectivity index (χ1) is 15.7. The van der Waals surface area contributed by atoms with Gasteiger partial charge < -0.3 is 14.9 Å². The van der Waals surface area contributed by atoms with E-state index in [0.717, 1.165) is 30.0 Å². The number of piperazine rings is 1. The molecule has 172 valence electrons. The van der Waals surface area contributed by atoms with Crippen LogP contribution in [0, 0.1) is 5.82 Å². The molecule has 3 aromatic carbocycles. The molecule has 0 radical (unpaired) electrons. The lowest BCUT2D eigenvalue weighted by atomic mass is 10.1. The molecule has 1 heterocycles. The van der Waals surface area contributed by atoms with Crippen LogP contribution in [0.2, 0.25) is 5.02 Å². The molecule has 0 aliphatic carbocycles. The van der Waals surface area contributed by atoms with Gasteiger partial charge in [-0.1, -0.05) is 17.7 Å². The van der Waals surface area contributed by atoms with Crippen molar-refractivity contribution in [3.8, 4) is 0 Å². The zero-order valence-corrected chi connectivity index (χ0v) is 19.0. The summed E-state index contributed by atoms with van der Waals surface area (Å²) in [6.07, 6.45) is 0. The van der Waals surface area contributed by atoms with Crippen molar-refractivity contribution in [1.29, 1.82) is 0 Å². The largest absolute Gasteiger partial charge is 0.478 e. The van der Waals surface area contributed by atoms with Crippen LogP contribution in [0.1, 0.15) is 10.4 Å². The number of benzene rings is 3. The van der Waals surface area contributed by atoms with E-state index in [9.17, 15) is 22.7 Å². The number of rotatable bonds is 6. The maximum absolute atomic E-state index is 13.2. The number of nitrogens with zero attached hydrogens (tertiary/aromatic N) is 2. The Morgan fingerprint density at radius 2 is 1.61 bits per heavy atom. The molecule has 1 fully saturated rings. The lowest BCUT2D eigenvalue weighted by Gasteiger charge is -2.38. The Morgan fingerprint density at radius 3 is 2.24 bits per heavy atom. The third-order valence-electron chi connectivity index (χ3n) is 5.41. The second kappa shape index (κ2) is 9.29. The van der Waals surface area contributed by atoms with Gasteiger partial charge in [0.1, 0.15) is 5.82 Å². The van der Waals surface area contributed by atoms with E-state index in [2.05, 4.69) is 9.62 Å². The Hall–Kier alpha value is -3.30. The third-order valence-corrected chi connectivity index (χ3v) is 7.02. The van der Waals surface area contributed by atoms with Gasteiger partial charge >= 0.3 is 5.97 Å². The standard InChI is InChI=1S/C23H21ClFN3O4S/c24-17-2-1-3-19(15-17)27-10-12-28(13-11-27)22-9-4-16(23(29)30)14-21(22)26-33(31,32)20-7-5-18(25)6-8-20/h1-9,14-15,26H,10-13H2,(H,29,30). The van der Waals surface area contributed by atoms with Crippen LogP contribution < -0.4 is 14.5 Å². The third kappa shape index (κ3) is 5.20. The molecule has 1 aliphatic rings. The van der Waals surface area contributed by atoms with E-state index in [1.54, 1.807) is 6.07 Å². The SMILES string of the molecule is O=C(O)c1ccc(N2CCN(c3cccc(Cl)c3)CC2)c(NS(=O)(=O)c2ccc(F)cc2)c1. The highest BCUT2D eigenvalue weighted by molar-refractivity contribution is 7.92. The number of sulfonamides is 1. The highest BCUT2D eigenvalue weighted by atomic mass is 35.5. The molecule has 10 heteroatoms. The quantitative estimate of drug-likeness (QED) is 0.536. The van der Waals surface area contributed by atoms with E-state index < -0.39 is 21.8 Å². The minimum Gasteiger partial charge on any atom is -0.478 e. The van der Waals surface area contributed by atoms with Crippen LogP contribution in [0.15, 0.2) is 71.6 Å². The molecule has 0 amide bonds. The van der Waals surface area contributed by atoms with E-state index in [0.29, 0.717) is 36.9 Å². The van der Waals surface area contributed by atoms with Crippen LogP contribution in [-0.4, -0.2) is 45.7 Å². The van der Waals surface area contributed by atoms with E-state index in [1.807, 2.05) is 29.2 Å². The van der Waals surface area contributed by atoms with Crippen LogP contribution in [0.4, 0.5) is 21.5 Å². The van der Waals surface area contributed by atoms with Gasteiger partial charge in [0.2, 0.25) is 0 Å². The molecule has 33 heavy (non-hydrogen) atoms. The first-order valence-corrected chi connectivity index (χ1v) is 12.0. The first kappa shape index (κ1) is 22.9. The van der Waals surface area contributed by atoms with Crippen LogP contribution in [-0.2, 0) is 10.0 Å². The van der Waals surface area contributed by atoms with E-state index in [-0.39, 0.29) is 16.1 Å². The predicted molar refractivity (Wildman–Crippen MR) is 126 cm³/mol. The summed E-state index contributed by atoms with van der Waals surface area (Å²) in [5, 5.41) is 10.0. The molecule has 0 atom stereocenters. The summed E-state index contributed by atoms with van der Waals surface area (Å²) in [6, 6.07) is 16.3. The zero-order valence-electron chi connectivity index (χ0n) is 17.4. The molecule has 2 N–H and O–H groups in total. The van der Waals surface area contributed by atoms with Crippen molar-refractivity contribution >= 4 is 44.7 Å². The molecular weight excluding hydrogens is 469 g/mol. The van der Waals surface area contributed by atoms with Gasteiger partial charge in [-0.2, -0.15) is 0 Å². The number of hydrogen-bond donors (Lipinski definition) is 2. The van der Waals surface area contributed by atoms with E-state index >= 15 is 0 Å². The molecule has 0 aromatic heterocycles. The molecule has 7 nitrogen and oxygen atoms in total. The number of aromatic carboxylic acids is 1. The fraction of sp³-hybridized carbons (Fsp3) is 0.174. The monoisotopic (exact) mass is 489 g/mol. The summed E-state index contributed by atoms with van der Waals surface area (Å²) in [4.78, 5) is 15.5. The van der Waals surface area contributed by atoms with E-state index in [1.165, 1.54) is 12.1 Å². The molecule has 1 saturated heterocycles. The van der Waals surface area contributed by atoms with E-state index in [4.69, 9.17) is 11.6 Å². The smallest absolute Gasteiger partial charge is 0.335 e. The summed E-state index contributed by atoms with van der Waals surface area (Å²) < 4.78 is 41.5. The van der Waals surface area contributed by atoms with Gasteiger partial charge in [-0.15, -0.1) is 0 Å². The summed E-state index contributed by atoms with van der Waals surface area (Å²) >= 11 is 6.10. The van der Waals surface area contributed by atoms with Crippen LogP contribution >= 0.6 is 11.6 Å². The van der Waals surface area contributed by atoms with Gasteiger partial charge in [0.05, 0.1) is 21.8 Å². The Morgan fingerprint density at radius 1 is 0.939 bits per heavy atom. The van der Waals surface area contributed by atoms with Crippen molar-refractivity contribution < 1.29 is 22.7 Å². The Labute approximate surface area is 196 Å². The predicted octanol–water partition coefficient (Wildman–Crippen LogP) is 4.30. The maximum atomic E-state index is 13.2. The average Bonchev–Trinajstić information content (AvgIpc) is 2.79. The number of hydrogen-bond acceptors (Lipinski definition) is 5. The van der Waals surface area contributed by atoms with Crippen LogP contribution in [0.5, 0.6) is 0 Å². The average molecular weight is 490 g/mol. The number of anilines is 3. The minimum atomic E-state index is -4.05. The van der Waals surface area contributed by atoms with Gasteiger partial charge in [-0.3, -0.25) is 4.72 Å². The zero-order chi connectivity index (χ0) is 23.6. The van der Waals surface area contributed by atoms with Crippen molar-refractivity contribution in [3.63, 3.8) is 0 Å². The van der Waals surface area contributed by atoms with Crippen LogP contribution in [0.3, 0.4) is 0 Å². The second-order valence-corrected chi connectivity index (χ2v) is 9.67. The summed E-state index contributed by atoms with van der Waals surface area (Å²) in [7, 11) is -4.05. The van der Waals surface area contributed by atoms with Crippen molar-refractivity contribution in [2.45, 2.75) is 4.90 Å². The Balaban J connectivity index is 1.60. The van der Waals surface area contributed by atoms with Gasteiger partial charge in [0, 0.05) is 36.9 Å². The fourth-order valence-electron chi connectivity index (χ4n) is 3.72. The molecular formula is C23H21ClFN3O4S. The molecule has 3 aromatic rings. The van der Waals surface area contributed by atoms with Gasteiger partial charge in [0.25, 0.3) is 10.0 Å². The summed E-state index contributed by atoms with van der Waals surface area (Å²) in [5.41, 5.74) is 1.67. The highest BCUT2D eigenvalue weighted by Crippen LogP contribution is 2.31. The maximum Gasteiger partial charge on any atom is 0.335 e. The lowest BCUT2D eigenvalue weighted by Crippen LogP contribution is -2.46. The minimum absolute atomic E-state index is 0.0480. The molecule has 4 rings (SSSR count). The first-order valence-electron chi connectivity index (χ1n) is 10.1.